The number of aromatic nitrogens is 1. The van der Waals surface area contributed by atoms with Gasteiger partial charge in [-0.15, -0.1) is 0 Å². The quantitative estimate of drug-likeness (QED) is 0.942. The van der Waals surface area contributed by atoms with Crippen LogP contribution in [0, 0.1) is 6.92 Å². The van der Waals surface area contributed by atoms with Crippen molar-refractivity contribution in [2.75, 3.05) is 13.2 Å². The van der Waals surface area contributed by atoms with Crippen LogP contribution in [0.4, 0.5) is 0 Å². The topological polar surface area (TPSA) is 51.2 Å². The molecule has 0 bridgehead atoms. The first-order chi connectivity index (χ1) is 11.7. The number of ether oxygens (including phenoxy) is 1. The summed E-state index contributed by atoms with van der Waals surface area (Å²) in [5.74, 6) is 0.0293. The Kier molecular flexibility index (Phi) is 4.23. The summed E-state index contributed by atoms with van der Waals surface area (Å²) in [6.45, 7) is 3.48. The van der Waals surface area contributed by atoms with Crippen LogP contribution >= 0.6 is 0 Å². The molecule has 1 atom stereocenters. The highest BCUT2D eigenvalue weighted by atomic mass is 16.5. The van der Waals surface area contributed by atoms with E-state index in [2.05, 4.69) is 24.4 Å². The van der Waals surface area contributed by atoms with Crippen molar-refractivity contribution in [1.82, 2.24) is 10.3 Å². The van der Waals surface area contributed by atoms with E-state index in [0.29, 0.717) is 6.54 Å². The molecule has 2 heterocycles. The van der Waals surface area contributed by atoms with Crippen molar-refractivity contribution in [3.05, 3.63) is 40.6 Å². The van der Waals surface area contributed by atoms with Crippen molar-refractivity contribution in [3.63, 3.8) is 0 Å². The maximum absolute atomic E-state index is 13.0. The molecule has 4 heteroatoms. The summed E-state index contributed by atoms with van der Waals surface area (Å²) in [6.07, 6.45) is 6.52. The van der Waals surface area contributed by atoms with Gasteiger partial charge in [-0.2, -0.15) is 0 Å². The van der Waals surface area contributed by atoms with Gasteiger partial charge in [-0.1, -0.05) is 11.6 Å². The van der Waals surface area contributed by atoms with Crippen molar-refractivity contribution in [3.8, 4) is 0 Å². The number of nitrogens with one attached hydrogen (secondary N) is 1. The Balaban J connectivity index is 1.73. The molecule has 1 aromatic heterocycles. The van der Waals surface area contributed by atoms with E-state index in [4.69, 9.17) is 9.72 Å². The smallest absolute Gasteiger partial charge is 0.252 e. The third-order valence-electron chi connectivity index (χ3n) is 5.16. The molecule has 1 fully saturated rings. The van der Waals surface area contributed by atoms with Crippen LogP contribution in [0.2, 0.25) is 0 Å². The summed E-state index contributed by atoms with van der Waals surface area (Å²) < 4.78 is 5.63. The van der Waals surface area contributed by atoms with Crippen molar-refractivity contribution in [2.24, 2.45) is 0 Å². The van der Waals surface area contributed by atoms with Gasteiger partial charge in [0.05, 0.1) is 17.2 Å². The molecule has 1 amide bonds. The van der Waals surface area contributed by atoms with Crippen LogP contribution in [0.5, 0.6) is 0 Å². The Morgan fingerprint density at radius 3 is 3.00 bits per heavy atom. The van der Waals surface area contributed by atoms with Crippen LogP contribution in [-0.4, -0.2) is 30.1 Å². The molecule has 126 valence electrons. The minimum Gasteiger partial charge on any atom is -0.376 e. The first-order valence-corrected chi connectivity index (χ1v) is 9.04. The Morgan fingerprint density at radius 2 is 2.17 bits per heavy atom. The Morgan fingerprint density at radius 1 is 1.29 bits per heavy atom. The van der Waals surface area contributed by atoms with Crippen molar-refractivity contribution in [2.45, 2.75) is 51.6 Å². The maximum Gasteiger partial charge on any atom is 0.252 e. The van der Waals surface area contributed by atoms with Gasteiger partial charge < -0.3 is 10.1 Å². The SMILES string of the molecule is Cc1ccc2nc3c(c(C(=O)NCC4CCCO4)c2c1)CCCC3. The fraction of sp³-hybridized carbons (Fsp3) is 0.500. The molecule has 0 spiro atoms. The lowest BCUT2D eigenvalue weighted by atomic mass is 9.89. The molecule has 1 aliphatic heterocycles. The fourth-order valence-electron chi connectivity index (χ4n) is 3.90. The molecule has 2 aliphatic rings. The molecule has 2 aromatic rings. The van der Waals surface area contributed by atoms with Crippen molar-refractivity contribution < 1.29 is 9.53 Å². The van der Waals surface area contributed by atoms with Crippen molar-refractivity contribution in [1.29, 1.82) is 0 Å². The molecule has 24 heavy (non-hydrogen) atoms. The third-order valence-corrected chi connectivity index (χ3v) is 5.16. The zero-order chi connectivity index (χ0) is 16.5. The Hall–Kier alpha value is -1.94. The number of benzene rings is 1. The van der Waals surface area contributed by atoms with Gasteiger partial charge in [-0.25, -0.2) is 0 Å². The summed E-state index contributed by atoms with van der Waals surface area (Å²) >= 11 is 0. The first kappa shape index (κ1) is 15.6. The van der Waals surface area contributed by atoms with Crippen LogP contribution in [0.25, 0.3) is 10.9 Å². The van der Waals surface area contributed by atoms with Gasteiger partial charge in [0.25, 0.3) is 5.91 Å². The number of fused-ring (bicyclic) bond motifs is 2. The van der Waals surface area contributed by atoms with E-state index in [9.17, 15) is 4.79 Å². The van der Waals surface area contributed by atoms with Gasteiger partial charge in [-0.05, 0) is 63.1 Å². The number of hydrogen-bond donors (Lipinski definition) is 1. The van der Waals surface area contributed by atoms with Crippen LogP contribution in [0.15, 0.2) is 18.2 Å². The lowest BCUT2D eigenvalue weighted by molar-refractivity contribution is 0.0858. The zero-order valence-electron chi connectivity index (χ0n) is 14.2. The molecule has 0 radical (unpaired) electrons. The van der Waals surface area contributed by atoms with E-state index in [-0.39, 0.29) is 12.0 Å². The van der Waals surface area contributed by atoms with E-state index in [1.807, 2.05) is 6.07 Å². The van der Waals surface area contributed by atoms with Crippen LogP contribution in [0.3, 0.4) is 0 Å². The monoisotopic (exact) mass is 324 g/mol. The minimum absolute atomic E-state index is 0.0293. The second-order valence-electron chi connectivity index (χ2n) is 6.98. The number of carbonyl (C=O) groups is 1. The molecule has 1 aliphatic carbocycles. The number of carbonyl (C=O) groups excluding carboxylic acids is 1. The van der Waals surface area contributed by atoms with Gasteiger partial charge in [0.15, 0.2) is 0 Å². The predicted octanol–water partition coefficient (Wildman–Crippen LogP) is 3.33. The van der Waals surface area contributed by atoms with Crippen LogP contribution in [-0.2, 0) is 17.6 Å². The van der Waals surface area contributed by atoms with E-state index >= 15 is 0 Å². The van der Waals surface area contributed by atoms with E-state index in [1.165, 1.54) is 0 Å². The lowest BCUT2D eigenvalue weighted by Gasteiger charge is -2.21. The molecule has 1 unspecified atom stereocenters. The predicted molar refractivity (Wildman–Crippen MR) is 94.4 cm³/mol. The number of amides is 1. The number of rotatable bonds is 3. The van der Waals surface area contributed by atoms with Gasteiger partial charge >= 0.3 is 0 Å². The van der Waals surface area contributed by atoms with E-state index < -0.39 is 0 Å². The zero-order valence-corrected chi connectivity index (χ0v) is 14.2. The highest BCUT2D eigenvalue weighted by molar-refractivity contribution is 6.08. The summed E-state index contributed by atoms with van der Waals surface area (Å²) in [4.78, 5) is 17.8. The number of pyridine rings is 1. The first-order valence-electron chi connectivity index (χ1n) is 9.04. The molecular weight excluding hydrogens is 300 g/mol. The molecule has 1 N–H and O–H groups in total. The summed E-state index contributed by atoms with van der Waals surface area (Å²) in [6, 6.07) is 6.20. The molecular formula is C20H24N2O2. The highest BCUT2D eigenvalue weighted by Gasteiger charge is 2.24. The van der Waals surface area contributed by atoms with Gasteiger partial charge in [-0.3, -0.25) is 9.78 Å². The molecule has 0 saturated carbocycles. The van der Waals surface area contributed by atoms with Crippen LogP contribution < -0.4 is 5.32 Å². The Labute approximate surface area is 142 Å². The van der Waals surface area contributed by atoms with E-state index in [1.54, 1.807) is 0 Å². The largest absolute Gasteiger partial charge is 0.376 e. The minimum atomic E-state index is 0.0293. The van der Waals surface area contributed by atoms with Gasteiger partial charge in [0, 0.05) is 24.2 Å². The number of aryl methyl sites for hydroxylation is 2. The van der Waals surface area contributed by atoms with Gasteiger partial charge in [0.2, 0.25) is 0 Å². The summed E-state index contributed by atoms with van der Waals surface area (Å²) in [7, 11) is 0. The summed E-state index contributed by atoms with van der Waals surface area (Å²) in [5.41, 5.74) is 5.21. The molecule has 4 rings (SSSR count). The fourth-order valence-corrected chi connectivity index (χ4v) is 3.90. The maximum atomic E-state index is 13.0. The average Bonchev–Trinajstić information content (AvgIpc) is 3.11. The second kappa shape index (κ2) is 6.52. The van der Waals surface area contributed by atoms with E-state index in [0.717, 1.165) is 78.4 Å². The van der Waals surface area contributed by atoms with Crippen molar-refractivity contribution >= 4 is 16.8 Å². The number of hydrogen-bond acceptors (Lipinski definition) is 3. The summed E-state index contributed by atoms with van der Waals surface area (Å²) in [5, 5.41) is 4.10. The molecule has 1 aromatic carbocycles. The molecule has 4 nitrogen and oxygen atoms in total. The second-order valence-corrected chi connectivity index (χ2v) is 6.98. The number of nitrogens with zero attached hydrogens (tertiary/aromatic N) is 1. The molecule has 1 saturated heterocycles. The standard InChI is InChI=1S/C20H24N2O2/c1-13-8-9-18-16(11-13)19(15-6-2-3-7-17(15)22-18)20(23)21-12-14-5-4-10-24-14/h8-9,11,14H,2-7,10,12H2,1H3,(H,21,23). The van der Waals surface area contributed by atoms with Gasteiger partial charge in [0.1, 0.15) is 0 Å². The Bertz CT molecular complexity index is 779. The lowest BCUT2D eigenvalue weighted by Crippen LogP contribution is -2.33. The third kappa shape index (κ3) is 2.91. The highest BCUT2D eigenvalue weighted by Crippen LogP contribution is 2.30. The average molecular weight is 324 g/mol. The normalized spacial score (nSPS) is 20.1. The van der Waals surface area contributed by atoms with Crippen LogP contribution in [0.1, 0.15) is 52.9 Å².